The van der Waals surface area contributed by atoms with E-state index >= 15 is 0 Å². The molecule has 2 rings (SSSR count). The van der Waals surface area contributed by atoms with Crippen molar-refractivity contribution in [1.82, 2.24) is 10.2 Å². The van der Waals surface area contributed by atoms with Crippen molar-refractivity contribution in [2.45, 2.75) is 19.1 Å². The van der Waals surface area contributed by atoms with E-state index in [9.17, 15) is 9.18 Å². The zero-order valence-electron chi connectivity index (χ0n) is 11.2. The second-order valence-corrected chi connectivity index (χ2v) is 4.71. The van der Waals surface area contributed by atoms with Gasteiger partial charge in [-0.1, -0.05) is 18.2 Å². The van der Waals surface area contributed by atoms with Crippen LogP contribution in [0.15, 0.2) is 24.3 Å². The van der Waals surface area contributed by atoms with Crippen LogP contribution in [-0.2, 0) is 9.53 Å². The minimum absolute atomic E-state index is 0.122. The van der Waals surface area contributed by atoms with Crippen molar-refractivity contribution in [3.05, 3.63) is 35.6 Å². The number of hydrogen-bond acceptors (Lipinski definition) is 3. The Labute approximate surface area is 112 Å². The molecule has 1 aliphatic rings. The number of nitrogens with one attached hydrogen (secondary N) is 1. The van der Waals surface area contributed by atoms with Gasteiger partial charge in [-0.3, -0.25) is 4.79 Å². The molecule has 0 spiro atoms. The summed E-state index contributed by atoms with van der Waals surface area (Å²) in [6.07, 6.45) is -0.479. The largest absolute Gasteiger partial charge is 0.366 e. The number of amides is 1. The third-order valence-electron chi connectivity index (χ3n) is 3.49. The van der Waals surface area contributed by atoms with E-state index in [4.69, 9.17) is 4.74 Å². The van der Waals surface area contributed by atoms with E-state index in [1.807, 2.05) is 6.92 Å². The number of carbonyl (C=O) groups is 1. The fraction of sp³-hybridized carbons (Fsp3) is 0.500. The maximum absolute atomic E-state index is 13.7. The summed E-state index contributed by atoms with van der Waals surface area (Å²) in [5.41, 5.74) is 0.516. The lowest BCUT2D eigenvalue weighted by Gasteiger charge is -2.31. The Morgan fingerprint density at radius 3 is 2.89 bits per heavy atom. The van der Waals surface area contributed by atoms with Crippen molar-refractivity contribution in [1.29, 1.82) is 0 Å². The fourth-order valence-electron chi connectivity index (χ4n) is 2.16. The van der Waals surface area contributed by atoms with Crippen molar-refractivity contribution in [2.24, 2.45) is 0 Å². The Bertz CT molecular complexity index is 447. The van der Waals surface area contributed by atoms with E-state index in [0.717, 1.165) is 6.54 Å². The Kier molecular flexibility index (Phi) is 4.50. The van der Waals surface area contributed by atoms with Gasteiger partial charge >= 0.3 is 0 Å². The van der Waals surface area contributed by atoms with Gasteiger partial charge in [-0.05, 0) is 13.0 Å². The van der Waals surface area contributed by atoms with Gasteiger partial charge in [0.1, 0.15) is 11.9 Å². The van der Waals surface area contributed by atoms with Gasteiger partial charge in [0.25, 0.3) is 5.91 Å². The second-order valence-electron chi connectivity index (χ2n) is 4.71. The molecule has 0 unspecified atom stereocenters. The van der Waals surface area contributed by atoms with Crippen molar-refractivity contribution < 1.29 is 13.9 Å². The SMILES string of the molecule is C[C@@H](c1ccccc1F)N(C)C(=O)[C@H]1CNCCO1. The third-order valence-corrected chi connectivity index (χ3v) is 3.49. The van der Waals surface area contributed by atoms with Crippen molar-refractivity contribution in [3.8, 4) is 0 Å². The maximum atomic E-state index is 13.7. The van der Waals surface area contributed by atoms with E-state index < -0.39 is 6.10 Å². The monoisotopic (exact) mass is 266 g/mol. The number of likely N-dealkylation sites (N-methyl/N-ethyl adjacent to an activating group) is 1. The summed E-state index contributed by atoms with van der Waals surface area (Å²) in [6, 6.07) is 6.19. The first-order valence-electron chi connectivity index (χ1n) is 6.44. The molecule has 0 saturated carbocycles. The average Bonchev–Trinajstić information content (AvgIpc) is 2.46. The molecule has 1 amide bonds. The van der Waals surface area contributed by atoms with Crippen LogP contribution in [0, 0.1) is 5.82 Å². The molecule has 1 aliphatic heterocycles. The second kappa shape index (κ2) is 6.12. The Hall–Kier alpha value is -1.46. The number of carbonyl (C=O) groups excluding carboxylic acids is 1. The molecule has 1 heterocycles. The molecule has 0 bridgehead atoms. The Morgan fingerprint density at radius 2 is 2.26 bits per heavy atom. The number of benzene rings is 1. The van der Waals surface area contributed by atoms with Crippen molar-refractivity contribution in [2.75, 3.05) is 26.7 Å². The van der Waals surface area contributed by atoms with Crippen LogP contribution in [0.3, 0.4) is 0 Å². The molecule has 0 radical (unpaired) electrons. The number of nitrogens with zero attached hydrogens (tertiary/aromatic N) is 1. The molecule has 19 heavy (non-hydrogen) atoms. The molecule has 1 saturated heterocycles. The van der Waals surface area contributed by atoms with E-state index in [-0.39, 0.29) is 17.8 Å². The first-order valence-corrected chi connectivity index (χ1v) is 6.44. The van der Waals surface area contributed by atoms with Crippen LogP contribution in [0.1, 0.15) is 18.5 Å². The fourth-order valence-corrected chi connectivity index (χ4v) is 2.16. The van der Waals surface area contributed by atoms with Crippen LogP contribution in [0.4, 0.5) is 4.39 Å². The minimum atomic E-state index is -0.479. The summed E-state index contributed by atoms with van der Waals surface area (Å²) in [7, 11) is 1.68. The summed E-state index contributed by atoms with van der Waals surface area (Å²) < 4.78 is 19.2. The van der Waals surface area contributed by atoms with Gasteiger partial charge < -0.3 is 15.0 Å². The molecule has 0 aromatic heterocycles. The molecule has 1 N–H and O–H groups in total. The van der Waals surface area contributed by atoms with E-state index in [2.05, 4.69) is 5.32 Å². The molecule has 1 aromatic carbocycles. The van der Waals surface area contributed by atoms with Gasteiger partial charge in [-0.2, -0.15) is 0 Å². The van der Waals surface area contributed by atoms with Gasteiger partial charge in [0.2, 0.25) is 0 Å². The molecular formula is C14H19FN2O2. The van der Waals surface area contributed by atoms with E-state index in [1.165, 1.54) is 11.0 Å². The Morgan fingerprint density at radius 1 is 1.53 bits per heavy atom. The highest BCUT2D eigenvalue weighted by Crippen LogP contribution is 2.22. The number of rotatable bonds is 3. The van der Waals surface area contributed by atoms with Crippen LogP contribution in [0.25, 0.3) is 0 Å². The predicted octanol–water partition coefficient (Wildman–Crippen LogP) is 1.33. The Balaban J connectivity index is 2.08. The average molecular weight is 266 g/mol. The lowest BCUT2D eigenvalue weighted by molar-refractivity contribution is -0.145. The van der Waals surface area contributed by atoms with Gasteiger partial charge in [0, 0.05) is 25.7 Å². The molecular weight excluding hydrogens is 247 g/mol. The zero-order valence-corrected chi connectivity index (χ0v) is 11.2. The molecule has 104 valence electrons. The maximum Gasteiger partial charge on any atom is 0.253 e. The van der Waals surface area contributed by atoms with Gasteiger partial charge in [0.05, 0.1) is 12.6 Å². The summed E-state index contributed by atoms with van der Waals surface area (Å²) in [5.74, 6) is -0.416. The van der Waals surface area contributed by atoms with Crippen LogP contribution in [-0.4, -0.2) is 43.7 Å². The van der Waals surface area contributed by atoms with Crippen LogP contribution >= 0.6 is 0 Å². The minimum Gasteiger partial charge on any atom is -0.366 e. The topological polar surface area (TPSA) is 41.6 Å². The summed E-state index contributed by atoms with van der Waals surface area (Å²) in [5, 5.41) is 3.11. The molecule has 4 nitrogen and oxygen atoms in total. The van der Waals surface area contributed by atoms with Crippen molar-refractivity contribution in [3.63, 3.8) is 0 Å². The van der Waals surface area contributed by atoms with Crippen LogP contribution in [0.5, 0.6) is 0 Å². The highest BCUT2D eigenvalue weighted by Gasteiger charge is 2.28. The molecule has 1 aromatic rings. The van der Waals surface area contributed by atoms with Crippen LogP contribution < -0.4 is 5.32 Å². The van der Waals surface area contributed by atoms with Gasteiger partial charge in [-0.25, -0.2) is 4.39 Å². The van der Waals surface area contributed by atoms with Gasteiger partial charge in [-0.15, -0.1) is 0 Å². The molecule has 2 atom stereocenters. The first kappa shape index (κ1) is 14.0. The van der Waals surface area contributed by atoms with Crippen LogP contribution in [0.2, 0.25) is 0 Å². The van der Waals surface area contributed by atoms with Gasteiger partial charge in [0.15, 0.2) is 0 Å². The standard InChI is InChI=1S/C14H19FN2O2/c1-10(11-5-3-4-6-12(11)15)17(2)14(18)13-9-16-7-8-19-13/h3-6,10,13,16H,7-9H2,1-2H3/t10-,13+/m0/s1. The summed E-state index contributed by atoms with van der Waals surface area (Å²) >= 11 is 0. The quantitative estimate of drug-likeness (QED) is 0.897. The highest BCUT2D eigenvalue weighted by molar-refractivity contribution is 5.81. The predicted molar refractivity (Wildman–Crippen MR) is 70.2 cm³/mol. The molecule has 5 heteroatoms. The smallest absolute Gasteiger partial charge is 0.253 e. The summed E-state index contributed by atoms with van der Waals surface area (Å²) in [4.78, 5) is 13.8. The molecule has 1 fully saturated rings. The third kappa shape index (κ3) is 3.11. The lowest BCUT2D eigenvalue weighted by atomic mass is 10.1. The number of ether oxygens (including phenoxy) is 1. The number of hydrogen-bond donors (Lipinski definition) is 1. The zero-order chi connectivity index (χ0) is 13.8. The molecule has 0 aliphatic carbocycles. The van der Waals surface area contributed by atoms with Crippen molar-refractivity contribution >= 4 is 5.91 Å². The normalized spacial score (nSPS) is 20.9. The summed E-state index contributed by atoms with van der Waals surface area (Å²) in [6.45, 7) is 3.61. The number of morpholine rings is 1. The van der Waals surface area contributed by atoms with E-state index in [1.54, 1.807) is 25.2 Å². The number of halogens is 1. The van der Waals surface area contributed by atoms with E-state index in [0.29, 0.717) is 18.7 Å². The highest BCUT2D eigenvalue weighted by atomic mass is 19.1. The first-order chi connectivity index (χ1) is 9.11. The lowest BCUT2D eigenvalue weighted by Crippen LogP contribution is -2.48.